The Kier molecular flexibility index (Phi) is 3.46. The van der Waals surface area contributed by atoms with E-state index in [-0.39, 0.29) is 16.9 Å². The van der Waals surface area contributed by atoms with Crippen molar-refractivity contribution in [3.8, 4) is 0 Å². The average Bonchev–Trinajstić information content (AvgIpc) is 2.30. The first-order valence-corrected chi connectivity index (χ1v) is 6.85. The van der Waals surface area contributed by atoms with Crippen molar-refractivity contribution in [3.05, 3.63) is 34.9 Å². The third-order valence-electron chi connectivity index (χ3n) is 4.57. The standard InChI is InChI=1S/C16H22F2O/c1-10-5-6-12(17)13(14(10)18)16(19)8-7-15(3,4)9-11(16)2/h5-6,11,19H,7-9H2,1-4H3. The molecule has 0 amide bonds. The molecule has 0 bridgehead atoms. The lowest BCUT2D eigenvalue weighted by Crippen LogP contribution is -2.43. The molecule has 1 aromatic carbocycles. The van der Waals surface area contributed by atoms with E-state index in [2.05, 4.69) is 13.8 Å². The van der Waals surface area contributed by atoms with E-state index in [1.54, 1.807) is 6.92 Å². The highest BCUT2D eigenvalue weighted by molar-refractivity contribution is 5.32. The molecule has 0 heterocycles. The second-order valence-electron chi connectivity index (χ2n) is 6.75. The molecular formula is C16H22F2O. The summed E-state index contributed by atoms with van der Waals surface area (Å²) in [6.07, 6.45) is 1.93. The molecule has 0 aromatic heterocycles. The second kappa shape index (κ2) is 4.55. The van der Waals surface area contributed by atoms with E-state index >= 15 is 0 Å². The molecule has 2 atom stereocenters. The number of halogens is 2. The highest BCUT2D eigenvalue weighted by atomic mass is 19.1. The molecule has 0 saturated heterocycles. The van der Waals surface area contributed by atoms with Crippen molar-refractivity contribution < 1.29 is 13.9 Å². The summed E-state index contributed by atoms with van der Waals surface area (Å²) in [5.41, 5.74) is -1.05. The third kappa shape index (κ3) is 2.40. The molecule has 2 rings (SSSR count). The molecule has 1 saturated carbocycles. The predicted octanol–water partition coefficient (Wildman–Crippen LogP) is 4.31. The van der Waals surface area contributed by atoms with Gasteiger partial charge in [-0.3, -0.25) is 0 Å². The molecule has 3 heteroatoms. The average molecular weight is 268 g/mol. The van der Waals surface area contributed by atoms with E-state index in [0.29, 0.717) is 12.0 Å². The van der Waals surface area contributed by atoms with Gasteiger partial charge in [-0.2, -0.15) is 0 Å². The van der Waals surface area contributed by atoms with Crippen LogP contribution in [-0.2, 0) is 5.60 Å². The first-order chi connectivity index (χ1) is 8.67. The summed E-state index contributed by atoms with van der Waals surface area (Å²) in [6.45, 7) is 7.74. The van der Waals surface area contributed by atoms with Gasteiger partial charge in [0.05, 0.1) is 11.2 Å². The Morgan fingerprint density at radius 1 is 1.21 bits per heavy atom. The van der Waals surface area contributed by atoms with Crippen LogP contribution in [0.25, 0.3) is 0 Å². The summed E-state index contributed by atoms with van der Waals surface area (Å²) < 4.78 is 28.3. The minimum Gasteiger partial charge on any atom is -0.385 e. The Balaban J connectivity index is 2.49. The summed E-state index contributed by atoms with van der Waals surface area (Å²) in [5.74, 6) is -1.41. The van der Waals surface area contributed by atoms with Crippen molar-refractivity contribution in [2.45, 2.75) is 52.6 Å². The topological polar surface area (TPSA) is 20.2 Å². The molecule has 1 aliphatic carbocycles. The molecule has 1 aromatic rings. The molecule has 106 valence electrons. The van der Waals surface area contributed by atoms with Gasteiger partial charge in [-0.15, -0.1) is 0 Å². The quantitative estimate of drug-likeness (QED) is 0.804. The van der Waals surface area contributed by atoms with E-state index < -0.39 is 17.2 Å². The first kappa shape index (κ1) is 14.4. The monoisotopic (exact) mass is 268 g/mol. The molecular weight excluding hydrogens is 246 g/mol. The number of aryl methyl sites for hydroxylation is 1. The second-order valence-corrected chi connectivity index (χ2v) is 6.75. The van der Waals surface area contributed by atoms with Crippen molar-refractivity contribution in [2.24, 2.45) is 11.3 Å². The van der Waals surface area contributed by atoms with Gasteiger partial charge in [0, 0.05) is 0 Å². The van der Waals surface area contributed by atoms with E-state index in [1.165, 1.54) is 12.1 Å². The molecule has 0 aliphatic heterocycles. The molecule has 0 radical (unpaired) electrons. The minimum absolute atomic E-state index is 0.114. The van der Waals surface area contributed by atoms with Gasteiger partial charge in [-0.05, 0) is 49.1 Å². The number of rotatable bonds is 1. The fraction of sp³-hybridized carbons (Fsp3) is 0.625. The largest absolute Gasteiger partial charge is 0.385 e. The maximum atomic E-state index is 14.3. The van der Waals surface area contributed by atoms with Crippen LogP contribution in [0, 0.1) is 29.9 Å². The maximum Gasteiger partial charge on any atom is 0.135 e. The van der Waals surface area contributed by atoms with Crippen LogP contribution >= 0.6 is 0 Å². The van der Waals surface area contributed by atoms with Gasteiger partial charge >= 0.3 is 0 Å². The van der Waals surface area contributed by atoms with Crippen LogP contribution in [0.1, 0.15) is 51.2 Å². The summed E-state index contributed by atoms with van der Waals surface area (Å²) in [6, 6.07) is 2.66. The van der Waals surface area contributed by atoms with Gasteiger partial charge in [0.1, 0.15) is 11.6 Å². The molecule has 0 spiro atoms. The van der Waals surface area contributed by atoms with Crippen LogP contribution < -0.4 is 0 Å². The van der Waals surface area contributed by atoms with Crippen LogP contribution in [0.3, 0.4) is 0 Å². The van der Waals surface area contributed by atoms with Crippen molar-refractivity contribution in [1.82, 2.24) is 0 Å². The van der Waals surface area contributed by atoms with Gasteiger partial charge in [-0.25, -0.2) is 8.78 Å². The van der Waals surface area contributed by atoms with Crippen LogP contribution in [-0.4, -0.2) is 5.11 Å². The Labute approximate surface area is 113 Å². The lowest BCUT2D eigenvalue weighted by atomic mass is 9.63. The SMILES string of the molecule is Cc1ccc(F)c(C2(O)CCC(C)(C)CC2C)c1F. The van der Waals surface area contributed by atoms with Gasteiger partial charge in [-0.1, -0.05) is 26.8 Å². The van der Waals surface area contributed by atoms with Gasteiger partial charge in [0.25, 0.3) is 0 Å². The predicted molar refractivity (Wildman–Crippen MR) is 71.8 cm³/mol. The summed E-state index contributed by atoms with van der Waals surface area (Å²) in [7, 11) is 0. The Morgan fingerprint density at radius 2 is 1.84 bits per heavy atom. The van der Waals surface area contributed by atoms with E-state index in [0.717, 1.165) is 12.8 Å². The van der Waals surface area contributed by atoms with Crippen molar-refractivity contribution in [1.29, 1.82) is 0 Å². The zero-order chi connectivity index (χ0) is 14.4. The van der Waals surface area contributed by atoms with Gasteiger partial charge < -0.3 is 5.11 Å². The highest BCUT2D eigenvalue weighted by Crippen LogP contribution is 2.49. The van der Waals surface area contributed by atoms with Crippen LogP contribution in [0.2, 0.25) is 0 Å². The normalized spacial score (nSPS) is 30.4. The van der Waals surface area contributed by atoms with Crippen molar-refractivity contribution in [3.63, 3.8) is 0 Å². The molecule has 2 unspecified atom stereocenters. The number of benzene rings is 1. The number of hydrogen-bond acceptors (Lipinski definition) is 1. The summed E-state index contributed by atoms with van der Waals surface area (Å²) in [4.78, 5) is 0. The summed E-state index contributed by atoms with van der Waals surface area (Å²) >= 11 is 0. The van der Waals surface area contributed by atoms with Gasteiger partial charge in [0.2, 0.25) is 0 Å². The van der Waals surface area contributed by atoms with Crippen LogP contribution in [0.15, 0.2) is 12.1 Å². The van der Waals surface area contributed by atoms with E-state index in [9.17, 15) is 13.9 Å². The zero-order valence-corrected chi connectivity index (χ0v) is 12.1. The van der Waals surface area contributed by atoms with E-state index in [1.807, 2.05) is 6.92 Å². The minimum atomic E-state index is -1.39. The molecule has 1 N–H and O–H groups in total. The highest BCUT2D eigenvalue weighted by Gasteiger charge is 2.46. The lowest BCUT2D eigenvalue weighted by molar-refractivity contribution is -0.0816. The number of aliphatic hydroxyl groups is 1. The Morgan fingerprint density at radius 3 is 2.42 bits per heavy atom. The zero-order valence-electron chi connectivity index (χ0n) is 12.1. The maximum absolute atomic E-state index is 14.3. The molecule has 1 aliphatic rings. The summed E-state index contributed by atoms with van der Waals surface area (Å²) in [5, 5.41) is 10.8. The molecule has 1 nitrogen and oxygen atoms in total. The van der Waals surface area contributed by atoms with Crippen molar-refractivity contribution >= 4 is 0 Å². The molecule has 19 heavy (non-hydrogen) atoms. The first-order valence-electron chi connectivity index (χ1n) is 6.85. The molecule has 1 fully saturated rings. The fourth-order valence-corrected chi connectivity index (χ4v) is 3.30. The fourth-order valence-electron chi connectivity index (χ4n) is 3.30. The number of hydrogen-bond donors (Lipinski definition) is 1. The van der Waals surface area contributed by atoms with Crippen LogP contribution in [0.4, 0.5) is 8.78 Å². The van der Waals surface area contributed by atoms with E-state index in [4.69, 9.17) is 0 Å². The van der Waals surface area contributed by atoms with Crippen molar-refractivity contribution in [2.75, 3.05) is 0 Å². The van der Waals surface area contributed by atoms with Gasteiger partial charge in [0.15, 0.2) is 0 Å². The van der Waals surface area contributed by atoms with Crippen LogP contribution in [0.5, 0.6) is 0 Å². The third-order valence-corrected chi connectivity index (χ3v) is 4.57. The smallest absolute Gasteiger partial charge is 0.135 e. The lowest BCUT2D eigenvalue weighted by Gasteiger charge is -2.45. The Bertz CT molecular complexity index is 496. The Hall–Kier alpha value is -0.960.